The zero-order chi connectivity index (χ0) is 14.8. The number of benzene rings is 1. The van der Waals surface area contributed by atoms with Gasteiger partial charge in [0.05, 0.1) is 17.0 Å². The number of carboxylic acids is 1. The van der Waals surface area contributed by atoms with Crippen LogP contribution in [-0.2, 0) is 4.79 Å². The van der Waals surface area contributed by atoms with Crippen molar-refractivity contribution in [3.8, 4) is 0 Å². The van der Waals surface area contributed by atoms with Gasteiger partial charge < -0.3 is 5.11 Å². The van der Waals surface area contributed by atoms with E-state index in [1.165, 1.54) is 6.07 Å². The zero-order valence-electron chi connectivity index (χ0n) is 10.5. The molecule has 0 radical (unpaired) electrons. The molecule has 0 aromatic heterocycles. The summed E-state index contributed by atoms with van der Waals surface area (Å²) in [5.74, 6) is -2.13. The van der Waals surface area contributed by atoms with Crippen LogP contribution in [0.4, 0.5) is 4.39 Å². The van der Waals surface area contributed by atoms with Gasteiger partial charge in [-0.1, -0.05) is 25.4 Å². The lowest BCUT2D eigenvalue weighted by Gasteiger charge is -2.21. The van der Waals surface area contributed by atoms with Crippen LogP contribution in [0.2, 0.25) is 5.02 Å². The molecule has 0 fully saturated rings. The molecule has 0 unspecified atom stereocenters. The Bertz CT molecular complexity index is 529. The monoisotopic (exact) mass is 350 g/mol. The van der Waals surface area contributed by atoms with Crippen LogP contribution in [0, 0.1) is 11.2 Å². The highest BCUT2D eigenvalue weighted by atomic mass is 79.9. The SMILES string of the molecule is CC(C)(CC(=O)O)CC(=O)c1cc(Cl)c(Br)cc1F. The molecule has 0 atom stereocenters. The summed E-state index contributed by atoms with van der Waals surface area (Å²) >= 11 is 8.89. The van der Waals surface area contributed by atoms with E-state index in [1.807, 2.05) is 0 Å². The Labute approximate surface area is 123 Å². The Morgan fingerprint density at radius 3 is 2.47 bits per heavy atom. The molecule has 1 aromatic rings. The smallest absolute Gasteiger partial charge is 0.303 e. The predicted molar refractivity (Wildman–Crippen MR) is 74.1 cm³/mol. The van der Waals surface area contributed by atoms with Gasteiger partial charge in [-0.2, -0.15) is 0 Å². The molecular weight excluding hydrogens is 338 g/mol. The number of aliphatic carboxylic acids is 1. The zero-order valence-corrected chi connectivity index (χ0v) is 12.8. The maximum atomic E-state index is 13.7. The van der Waals surface area contributed by atoms with Gasteiger partial charge in [-0.15, -0.1) is 0 Å². The van der Waals surface area contributed by atoms with E-state index < -0.39 is 23.0 Å². The fourth-order valence-corrected chi connectivity index (χ4v) is 2.22. The average Bonchev–Trinajstić information content (AvgIpc) is 2.20. The quantitative estimate of drug-likeness (QED) is 0.635. The second-order valence-electron chi connectivity index (χ2n) is 5.08. The fourth-order valence-electron chi connectivity index (χ4n) is 1.74. The minimum absolute atomic E-state index is 0.0613. The third kappa shape index (κ3) is 4.58. The van der Waals surface area contributed by atoms with Gasteiger partial charge in [-0.05, 0) is 33.5 Å². The van der Waals surface area contributed by atoms with Crippen molar-refractivity contribution in [1.82, 2.24) is 0 Å². The van der Waals surface area contributed by atoms with Gasteiger partial charge in [0, 0.05) is 10.9 Å². The van der Waals surface area contributed by atoms with Crippen LogP contribution in [0.5, 0.6) is 0 Å². The Balaban J connectivity index is 2.96. The van der Waals surface area contributed by atoms with Crippen molar-refractivity contribution in [3.63, 3.8) is 0 Å². The van der Waals surface area contributed by atoms with E-state index in [2.05, 4.69) is 15.9 Å². The summed E-state index contributed by atoms with van der Waals surface area (Å²) in [5, 5.41) is 8.99. The van der Waals surface area contributed by atoms with Crippen molar-refractivity contribution in [1.29, 1.82) is 0 Å². The molecule has 0 aliphatic carbocycles. The van der Waals surface area contributed by atoms with E-state index in [9.17, 15) is 14.0 Å². The summed E-state index contributed by atoms with van der Waals surface area (Å²) in [6, 6.07) is 2.37. The topological polar surface area (TPSA) is 54.4 Å². The fraction of sp³-hybridized carbons (Fsp3) is 0.385. The lowest BCUT2D eigenvalue weighted by molar-refractivity contribution is -0.139. The van der Waals surface area contributed by atoms with Gasteiger partial charge in [0.25, 0.3) is 0 Å². The number of carboxylic acid groups (broad SMARTS) is 1. The molecule has 0 saturated heterocycles. The normalized spacial score (nSPS) is 11.4. The summed E-state index contributed by atoms with van der Waals surface area (Å²) in [7, 11) is 0. The van der Waals surface area contributed by atoms with E-state index in [0.29, 0.717) is 4.47 Å². The summed E-state index contributed by atoms with van der Waals surface area (Å²) in [6.07, 6.45) is -0.223. The van der Waals surface area contributed by atoms with Gasteiger partial charge in [0.15, 0.2) is 5.78 Å². The molecule has 104 valence electrons. The molecule has 0 aliphatic heterocycles. The number of carbonyl (C=O) groups excluding carboxylic acids is 1. The first-order valence-corrected chi connectivity index (χ1v) is 6.69. The van der Waals surface area contributed by atoms with E-state index in [0.717, 1.165) is 6.07 Å². The summed E-state index contributed by atoms with van der Waals surface area (Å²) in [4.78, 5) is 22.7. The number of hydrogen-bond donors (Lipinski definition) is 1. The molecule has 1 N–H and O–H groups in total. The Hall–Kier alpha value is -0.940. The first-order valence-electron chi connectivity index (χ1n) is 5.52. The highest BCUT2D eigenvalue weighted by molar-refractivity contribution is 9.10. The number of Topliss-reactive ketones (excluding diaryl/α,β-unsaturated/α-hetero) is 1. The van der Waals surface area contributed by atoms with E-state index in [-0.39, 0.29) is 23.4 Å². The highest BCUT2D eigenvalue weighted by Crippen LogP contribution is 2.30. The van der Waals surface area contributed by atoms with Gasteiger partial charge >= 0.3 is 5.97 Å². The first kappa shape index (κ1) is 16.1. The van der Waals surface area contributed by atoms with Gasteiger partial charge in [-0.3, -0.25) is 9.59 Å². The van der Waals surface area contributed by atoms with E-state index in [4.69, 9.17) is 16.7 Å². The predicted octanol–water partition coefficient (Wildman–Crippen LogP) is 4.32. The lowest BCUT2D eigenvalue weighted by Crippen LogP contribution is -2.21. The van der Waals surface area contributed by atoms with Crippen LogP contribution in [-0.4, -0.2) is 16.9 Å². The van der Waals surface area contributed by atoms with Crippen LogP contribution < -0.4 is 0 Å². The van der Waals surface area contributed by atoms with Gasteiger partial charge in [0.2, 0.25) is 0 Å². The third-order valence-electron chi connectivity index (χ3n) is 2.58. The third-order valence-corrected chi connectivity index (χ3v) is 3.78. The second kappa shape index (κ2) is 6.01. The van der Waals surface area contributed by atoms with Crippen LogP contribution >= 0.6 is 27.5 Å². The Morgan fingerprint density at radius 2 is 1.95 bits per heavy atom. The van der Waals surface area contributed by atoms with Crippen molar-refractivity contribution in [2.24, 2.45) is 5.41 Å². The molecule has 0 amide bonds. The van der Waals surface area contributed by atoms with Gasteiger partial charge in [0.1, 0.15) is 5.82 Å². The largest absolute Gasteiger partial charge is 0.481 e. The summed E-state index contributed by atoms with van der Waals surface area (Å²) < 4.78 is 14.1. The second-order valence-corrected chi connectivity index (χ2v) is 6.34. The maximum Gasteiger partial charge on any atom is 0.303 e. The molecule has 1 aromatic carbocycles. The Morgan fingerprint density at radius 1 is 1.37 bits per heavy atom. The standard InChI is InChI=1S/C13H13BrClFO3/c1-13(2,6-12(18)19)5-11(17)7-3-9(15)8(14)4-10(7)16/h3-4H,5-6H2,1-2H3,(H,18,19). The van der Waals surface area contributed by atoms with Crippen LogP contribution in [0.15, 0.2) is 16.6 Å². The van der Waals surface area contributed by atoms with Crippen LogP contribution in [0.25, 0.3) is 0 Å². The maximum absolute atomic E-state index is 13.7. The van der Waals surface area contributed by atoms with Crippen LogP contribution in [0.1, 0.15) is 37.0 Å². The molecule has 0 saturated carbocycles. The van der Waals surface area contributed by atoms with Crippen molar-refractivity contribution < 1.29 is 19.1 Å². The molecule has 19 heavy (non-hydrogen) atoms. The molecule has 3 nitrogen and oxygen atoms in total. The molecule has 1 rings (SSSR count). The van der Waals surface area contributed by atoms with Crippen molar-refractivity contribution in [3.05, 3.63) is 33.0 Å². The number of hydrogen-bond acceptors (Lipinski definition) is 2. The number of ketones is 1. The van der Waals surface area contributed by atoms with Crippen molar-refractivity contribution in [2.75, 3.05) is 0 Å². The molecule has 0 aliphatic rings. The first-order chi connectivity index (χ1) is 8.62. The number of halogens is 3. The minimum Gasteiger partial charge on any atom is -0.481 e. The van der Waals surface area contributed by atoms with Crippen molar-refractivity contribution in [2.45, 2.75) is 26.7 Å². The molecule has 0 bridgehead atoms. The summed E-state index contributed by atoms with van der Waals surface area (Å²) in [6.45, 7) is 3.30. The van der Waals surface area contributed by atoms with Gasteiger partial charge in [-0.25, -0.2) is 4.39 Å². The molecule has 6 heteroatoms. The van der Waals surface area contributed by atoms with E-state index in [1.54, 1.807) is 13.8 Å². The minimum atomic E-state index is -0.993. The van der Waals surface area contributed by atoms with E-state index >= 15 is 0 Å². The molecular formula is C13H13BrClFO3. The Kier molecular flexibility index (Phi) is 5.10. The van der Waals surface area contributed by atoms with Crippen LogP contribution in [0.3, 0.4) is 0 Å². The average molecular weight is 352 g/mol. The summed E-state index contributed by atoms with van der Waals surface area (Å²) in [5.41, 5.74) is -0.860. The molecule has 0 heterocycles. The molecule has 0 spiro atoms. The number of rotatable bonds is 5. The number of carbonyl (C=O) groups is 2. The highest BCUT2D eigenvalue weighted by Gasteiger charge is 2.27. The van der Waals surface area contributed by atoms with Crippen molar-refractivity contribution >= 4 is 39.3 Å². The lowest BCUT2D eigenvalue weighted by atomic mass is 9.82.